The van der Waals surface area contributed by atoms with Gasteiger partial charge in [0.25, 0.3) is 0 Å². The molecule has 0 aromatic carbocycles. The number of ether oxygens (including phenoxy) is 1. The quantitative estimate of drug-likeness (QED) is 0.207. The van der Waals surface area contributed by atoms with Gasteiger partial charge in [-0.05, 0) is 0 Å². The standard InChI is InChI=1S/C6H14O5.C4H11NO3/c7-1-5(9)3-11-4-6(10)2-8;5-4(1-6,2-7)3-8/h5-10H,1-4H2;6-8H,1-3,5H2. The Kier molecular flexibility index (Phi) is 14.0. The molecule has 0 aliphatic carbocycles. The molecule has 0 amide bonds. The zero-order valence-corrected chi connectivity index (χ0v) is 10.7. The summed E-state index contributed by atoms with van der Waals surface area (Å²) in [5.41, 5.74) is 3.94. The van der Waals surface area contributed by atoms with E-state index < -0.39 is 37.6 Å². The molecule has 0 aliphatic rings. The Balaban J connectivity index is 0. The topological polar surface area (TPSA) is 177 Å². The van der Waals surface area contributed by atoms with Crippen molar-refractivity contribution in [2.24, 2.45) is 5.73 Å². The van der Waals surface area contributed by atoms with Crippen LogP contribution in [0.2, 0.25) is 0 Å². The van der Waals surface area contributed by atoms with Crippen LogP contribution in [-0.2, 0) is 4.74 Å². The molecule has 0 spiro atoms. The average Bonchev–Trinajstić information content (AvgIpc) is 2.46. The van der Waals surface area contributed by atoms with Gasteiger partial charge in [0.05, 0.1) is 51.8 Å². The Hall–Kier alpha value is -0.360. The van der Waals surface area contributed by atoms with E-state index in [0.717, 1.165) is 0 Å². The van der Waals surface area contributed by atoms with Gasteiger partial charge < -0.3 is 46.2 Å². The van der Waals surface area contributed by atoms with Crippen molar-refractivity contribution in [3.63, 3.8) is 0 Å². The Morgan fingerprint density at radius 2 is 1.11 bits per heavy atom. The predicted octanol–water partition coefficient (Wildman–Crippen LogP) is -4.63. The summed E-state index contributed by atoms with van der Waals surface area (Å²) in [6.45, 7) is -2.01. The second-order valence-electron chi connectivity index (χ2n) is 4.05. The fraction of sp³-hybridized carbons (Fsp3) is 1.00. The van der Waals surface area contributed by atoms with Crippen LogP contribution < -0.4 is 5.73 Å². The van der Waals surface area contributed by atoms with Gasteiger partial charge >= 0.3 is 0 Å². The Bertz CT molecular complexity index is 172. The molecule has 118 valence electrons. The van der Waals surface area contributed by atoms with Gasteiger partial charge in [-0.3, -0.25) is 0 Å². The lowest BCUT2D eigenvalue weighted by Gasteiger charge is -2.20. The van der Waals surface area contributed by atoms with Crippen molar-refractivity contribution in [2.45, 2.75) is 17.7 Å². The summed E-state index contributed by atoms with van der Waals surface area (Å²) in [6, 6.07) is 0. The number of nitrogens with two attached hydrogens (primary N) is 1. The van der Waals surface area contributed by atoms with Gasteiger partial charge in [0, 0.05) is 0 Å². The molecule has 0 bridgehead atoms. The highest BCUT2D eigenvalue weighted by Crippen LogP contribution is 1.93. The van der Waals surface area contributed by atoms with Gasteiger partial charge in [-0.2, -0.15) is 0 Å². The third-order valence-electron chi connectivity index (χ3n) is 1.99. The summed E-state index contributed by atoms with van der Waals surface area (Å²) in [7, 11) is 0. The normalized spacial score (nSPS) is 14.5. The van der Waals surface area contributed by atoms with Crippen LogP contribution in [0.5, 0.6) is 0 Å². The summed E-state index contributed by atoms with van der Waals surface area (Å²) in [5, 5.41) is 59.1. The first-order chi connectivity index (χ1) is 8.88. The number of aliphatic hydroxyl groups excluding tert-OH is 7. The van der Waals surface area contributed by atoms with E-state index in [4.69, 9.17) is 46.2 Å². The van der Waals surface area contributed by atoms with Gasteiger partial charge in [0.1, 0.15) is 12.2 Å². The number of hydrogen-bond donors (Lipinski definition) is 8. The molecule has 0 aromatic heterocycles. The Labute approximate surface area is 111 Å². The summed E-state index contributed by atoms with van der Waals surface area (Å²) in [4.78, 5) is 0. The first-order valence-electron chi connectivity index (χ1n) is 5.66. The van der Waals surface area contributed by atoms with E-state index in [1.165, 1.54) is 0 Å². The number of aliphatic hydroxyl groups is 7. The maximum atomic E-state index is 8.72. The molecule has 9 heteroatoms. The van der Waals surface area contributed by atoms with Crippen LogP contribution in [0.1, 0.15) is 0 Å². The molecule has 0 heterocycles. The zero-order valence-electron chi connectivity index (χ0n) is 10.7. The van der Waals surface area contributed by atoms with E-state index in [9.17, 15) is 0 Å². The third kappa shape index (κ3) is 12.4. The first kappa shape index (κ1) is 20.9. The summed E-state index contributed by atoms with van der Waals surface area (Å²) in [5.74, 6) is 0. The molecule has 0 saturated heterocycles. The molecular weight excluding hydrogens is 262 g/mol. The van der Waals surface area contributed by atoms with Gasteiger partial charge in [-0.25, -0.2) is 0 Å². The van der Waals surface area contributed by atoms with Crippen molar-refractivity contribution in [2.75, 3.05) is 46.2 Å². The van der Waals surface area contributed by atoms with Crippen molar-refractivity contribution in [1.82, 2.24) is 0 Å². The maximum absolute atomic E-state index is 8.72. The summed E-state index contributed by atoms with van der Waals surface area (Å²) >= 11 is 0. The van der Waals surface area contributed by atoms with Crippen LogP contribution in [0.4, 0.5) is 0 Å². The molecule has 2 unspecified atom stereocenters. The minimum absolute atomic E-state index is 0.0342. The molecule has 0 aromatic rings. The van der Waals surface area contributed by atoms with E-state index in [0.29, 0.717) is 0 Å². The van der Waals surface area contributed by atoms with E-state index in [1.807, 2.05) is 0 Å². The van der Waals surface area contributed by atoms with Gasteiger partial charge in [0.2, 0.25) is 0 Å². The molecular formula is C10H25NO8. The second kappa shape index (κ2) is 12.7. The number of hydrogen-bond acceptors (Lipinski definition) is 9. The van der Waals surface area contributed by atoms with Crippen LogP contribution in [0, 0.1) is 0 Å². The van der Waals surface area contributed by atoms with E-state index in [-0.39, 0.29) is 26.4 Å². The smallest absolute Gasteiger partial charge is 0.100 e. The SMILES string of the molecule is NC(CO)(CO)CO.OCC(O)COCC(O)CO. The highest BCUT2D eigenvalue weighted by molar-refractivity contribution is 4.80. The van der Waals surface area contributed by atoms with Crippen molar-refractivity contribution >= 4 is 0 Å². The monoisotopic (exact) mass is 287 g/mol. The minimum atomic E-state index is -1.21. The molecule has 0 rings (SSSR count). The summed E-state index contributed by atoms with van der Waals surface area (Å²) in [6.07, 6.45) is -1.83. The Morgan fingerprint density at radius 1 is 0.789 bits per heavy atom. The summed E-state index contributed by atoms with van der Waals surface area (Å²) < 4.78 is 4.72. The van der Waals surface area contributed by atoms with Crippen LogP contribution in [0.15, 0.2) is 0 Å². The molecule has 0 fully saturated rings. The predicted molar refractivity (Wildman–Crippen MR) is 65.2 cm³/mol. The lowest BCUT2D eigenvalue weighted by molar-refractivity contribution is -0.0364. The molecule has 0 radical (unpaired) electrons. The van der Waals surface area contributed by atoms with Crippen LogP contribution in [0.25, 0.3) is 0 Å². The van der Waals surface area contributed by atoms with Crippen LogP contribution in [-0.4, -0.2) is 99.7 Å². The fourth-order valence-corrected chi connectivity index (χ4v) is 0.596. The van der Waals surface area contributed by atoms with Crippen LogP contribution in [0.3, 0.4) is 0 Å². The average molecular weight is 287 g/mol. The number of rotatable bonds is 9. The molecule has 2 atom stereocenters. The molecule has 9 nitrogen and oxygen atoms in total. The van der Waals surface area contributed by atoms with E-state index in [1.54, 1.807) is 0 Å². The lowest BCUT2D eigenvalue weighted by Crippen LogP contribution is -2.50. The molecule has 9 N–H and O–H groups in total. The van der Waals surface area contributed by atoms with Crippen molar-refractivity contribution < 1.29 is 40.5 Å². The highest BCUT2D eigenvalue weighted by Gasteiger charge is 2.20. The highest BCUT2D eigenvalue weighted by atomic mass is 16.5. The Morgan fingerprint density at radius 3 is 1.26 bits per heavy atom. The molecule has 0 aliphatic heterocycles. The van der Waals surface area contributed by atoms with Gasteiger partial charge in [-0.15, -0.1) is 0 Å². The fourth-order valence-electron chi connectivity index (χ4n) is 0.596. The van der Waals surface area contributed by atoms with E-state index in [2.05, 4.69) is 0 Å². The largest absolute Gasteiger partial charge is 0.394 e. The molecule has 19 heavy (non-hydrogen) atoms. The first-order valence-corrected chi connectivity index (χ1v) is 5.66. The van der Waals surface area contributed by atoms with E-state index >= 15 is 0 Å². The van der Waals surface area contributed by atoms with Crippen molar-refractivity contribution in [3.8, 4) is 0 Å². The third-order valence-corrected chi connectivity index (χ3v) is 1.99. The maximum Gasteiger partial charge on any atom is 0.100 e. The van der Waals surface area contributed by atoms with Crippen molar-refractivity contribution in [3.05, 3.63) is 0 Å². The van der Waals surface area contributed by atoms with Gasteiger partial charge in [0.15, 0.2) is 0 Å². The lowest BCUT2D eigenvalue weighted by atomic mass is 10.1. The van der Waals surface area contributed by atoms with Gasteiger partial charge in [-0.1, -0.05) is 0 Å². The van der Waals surface area contributed by atoms with Crippen molar-refractivity contribution in [1.29, 1.82) is 0 Å². The zero-order chi connectivity index (χ0) is 15.3. The van der Waals surface area contributed by atoms with Crippen LogP contribution >= 0.6 is 0 Å². The molecule has 0 saturated carbocycles. The second-order valence-corrected chi connectivity index (χ2v) is 4.05. The minimum Gasteiger partial charge on any atom is -0.394 e.